The van der Waals surface area contributed by atoms with Crippen LogP contribution in [0.5, 0.6) is 23.0 Å². The van der Waals surface area contributed by atoms with E-state index >= 15 is 0 Å². The first-order valence-corrected chi connectivity index (χ1v) is 20.0. The summed E-state index contributed by atoms with van der Waals surface area (Å²) in [4.78, 5) is 4.66. The molecule has 278 valence electrons. The average molecular weight is 757 g/mol. The molecule has 0 amide bonds. The van der Waals surface area contributed by atoms with Crippen molar-refractivity contribution in [2.75, 3.05) is 9.80 Å². The maximum Gasteiger partial charge on any atom is 0.260 e. The van der Waals surface area contributed by atoms with Crippen molar-refractivity contribution in [1.82, 2.24) is 0 Å². The predicted molar refractivity (Wildman–Crippen MR) is 244 cm³/mol. The third kappa shape index (κ3) is 6.12. The molecule has 0 atom stereocenters. The van der Waals surface area contributed by atoms with Crippen LogP contribution in [0.3, 0.4) is 0 Å². The smallest absolute Gasteiger partial charge is 0.260 e. The van der Waals surface area contributed by atoms with Gasteiger partial charge in [-0.2, -0.15) is 0 Å². The largest absolute Gasteiger partial charge is 0.458 e. The molecule has 2 heterocycles. The van der Waals surface area contributed by atoms with Gasteiger partial charge in [0.15, 0.2) is 0 Å². The fraction of sp³-hybridized carbons (Fsp3) is 0. The van der Waals surface area contributed by atoms with Crippen LogP contribution in [0.1, 0.15) is 0 Å². The summed E-state index contributed by atoms with van der Waals surface area (Å²) in [6, 6.07) is 79.0. The number of ether oxygens (including phenoxy) is 2. The number of nitrogens with zero attached hydrogens (tertiary/aromatic N) is 2. The van der Waals surface area contributed by atoms with E-state index in [1.807, 2.05) is 6.07 Å². The highest BCUT2D eigenvalue weighted by molar-refractivity contribution is 6.98. The Bertz CT molecular complexity index is 2650. The van der Waals surface area contributed by atoms with Crippen LogP contribution in [0.25, 0.3) is 22.3 Å². The van der Waals surface area contributed by atoms with Crippen LogP contribution in [-0.2, 0) is 0 Å². The zero-order chi connectivity index (χ0) is 39.1. The van der Waals surface area contributed by atoms with Gasteiger partial charge in [0, 0.05) is 51.5 Å². The number of benzene rings is 9. The summed E-state index contributed by atoms with van der Waals surface area (Å²) in [5, 5.41) is 0. The molecular formula is C54H37BN2O2. The predicted octanol–water partition coefficient (Wildman–Crippen LogP) is 12.7. The Morgan fingerprint density at radius 2 is 0.627 bits per heavy atom. The molecule has 5 heteroatoms. The normalized spacial score (nSPS) is 12.0. The first-order chi connectivity index (χ1) is 29.3. The van der Waals surface area contributed by atoms with E-state index in [0.717, 1.165) is 95.8 Å². The molecule has 0 unspecified atom stereocenters. The lowest BCUT2D eigenvalue weighted by Crippen LogP contribution is -2.57. The van der Waals surface area contributed by atoms with E-state index in [-0.39, 0.29) is 6.71 Å². The first kappa shape index (κ1) is 34.5. The minimum absolute atomic E-state index is 0.162. The third-order valence-corrected chi connectivity index (χ3v) is 11.3. The molecule has 0 radical (unpaired) electrons. The van der Waals surface area contributed by atoms with Crippen LogP contribution in [0.2, 0.25) is 0 Å². The molecule has 0 aromatic heterocycles. The van der Waals surface area contributed by atoms with E-state index in [2.05, 4.69) is 228 Å². The van der Waals surface area contributed by atoms with Gasteiger partial charge in [0.25, 0.3) is 6.71 Å². The summed E-state index contributed by atoms with van der Waals surface area (Å²) >= 11 is 0. The van der Waals surface area contributed by atoms with Gasteiger partial charge in [0.05, 0.1) is 11.4 Å². The van der Waals surface area contributed by atoms with Gasteiger partial charge >= 0.3 is 0 Å². The SMILES string of the molecule is c1ccc(-c2cc3c(cc2N(c2ccccc2)c2ccccc2)Oc2cccc4c2B3c2cc(-c3ccccc3)c(N(c3ccccc3)c3ccccc3)cc2O4)cc1. The standard InChI is InChI=1S/C54H37BN2O2/c1-7-20-38(21-8-1)44-34-46-52(36-48(44)56(40-24-11-3-12-25-40)41-26-13-4-14-27-41)58-50-32-19-33-51-54(50)55(46)47-35-45(39-22-9-2-10-23-39)49(37-53(47)59-51)57(42-28-15-5-16-29-42)43-30-17-6-18-31-43/h1-37H. The van der Waals surface area contributed by atoms with Crippen molar-refractivity contribution < 1.29 is 9.47 Å². The number of fused-ring (bicyclic) bond motifs is 4. The molecule has 0 aliphatic carbocycles. The van der Waals surface area contributed by atoms with Crippen molar-refractivity contribution >= 4 is 57.2 Å². The Kier molecular flexibility index (Phi) is 8.56. The molecular weight excluding hydrogens is 719 g/mol. The van der Waals surface area contributed by atoms with Crippen molar-refractivity contribution in [1.29, 1.82) is 0 Å². The van der Waals surface area contributed by atoms with Gasteiger partial charge in [-0.1, -0.05) is 152 Å². The molecule has 0 saturated carbocycles. The molecule has 0 spiro atoms. The zero-order valence-electron chi connectivity index (χ0n) is 32.2. The second-order valence-electron chi connectivity index (χ2n) is 14.9. The molecule has 0 saturated heterocycles. The fourth-order valence-corrected chi connectivity index (χ4v) is 8.73. The second-order valence-corrected chi connectivity index (χ2v) is 14.9. The molecule has 4 nitrogen and oxygen atoms in total. The van der Waals surface area contributed by atoms with Crippen molar-refractivity contribution in [2.24, 2.45) is 0 Å². The van der Waals surface area contributed by atoms with E-state index in [1.54, 1.807) is 0 Å². The van der Waals surface area contributed by atoms with Gasteiger partial charge in [-0.25, -0.2) is 0 Å². The molecule has 9 aromatic rings. The minimum Gasteiger partial charge on any atom is -0.458 e. The maximum atomic E-state index is 6.97. The summed E-state index contributed by atoms with van der Waals surface area (Å²) in [7, 11) is 0. The van der Waals surface area contributed by atoms with Crippen LogP contribution in [0.15, 0.2) is 224 Å². The molecule has 0 bridgehead atoms. The lowest BCUT2D eigenvalue weighted by atomic mass is 9.34. The van der Waals surface area contributed by atoms with Crippen LogP contribution < -0.4 is 35.7 Å². The highest BCUT2D eigenvalue weighted by Gasteiger charge is 2.42. The van der Waals surface area contributed by atoms with Crippen molar-refractivity contribution in [2.45, 2.75) is 0 Å². The molecule has 59 heavy (non-hydrogen) atoms. The van der Waals surface area contributed by atoms with Crippen molar-refractivity contribution in [3.63, 3.8) is 0 Å². The lowest BCUT2D eigenvalue weighted by Gasteiger charge is -2.36. The first-order valence-electron chi connectivity index (χ1n) is 20.0. The van der Waals surface area contributed by atoms with Gasteiger partial charge < -0.3 is 19.3 Å². The van der Waals surface area contributed by atoms with Gasteiger partial charge in [-0.15, -0.1) is 0 Å². The summed E-state index contributed by atoms with van der Waals surface area (Å²) in [5.41, 5.74) is 14.0. The summed E-state index contributed by atoms with van der Waals surface area (Å²) in [6.45, 7) is -0.162. The molecule has 0 N–H and O–H groups in total. The summed E-state index contributed by atoms with van der Waals surface area (Å²) in [5.74, 6) is 3.24. The van der Waals surface area contributed by atoms with Gasteiger partial charge in [-0.3, -0.25) is 0 Å². The van der Waals surface area contributed by atoms with Gasteiger partial charge in [0.1, 0.15) is 23.0 Å². The monoisotopic (exact) mass is 756 g/mol. The number of anilines is 6. The molecule has 2 aliphatic heterocycles. The number of para-hydroxylation sites is 4. The number of rotatable bonds is 8. The Labute approximate surface area is 344 Å². The van der Waals surface area contributed by atoms with E-state index in [0.29, 0.717) is 0 Å². The van der Waals surface area contributed by atoms with Crippen LogP contribution in [0.4, 0.5) is 34.1 Å². The Morgan fingerprint density at radius 3 is 0.966 bits per heavy atom. The van der Waals surface area contributed by atoms with E-state index < -0.39 is 0 Å². The fourth-order valence-electron chi connectivity index (χ4n) is 8.73. The molecule has 0 fully saturated rings. The zero-order valence-corrected chi connectivity index (χ0v) is 32.2. The average Bonchev–Trinajstić information content (AvgIpc) is 3.31. The summed E-state index contributed by atoms with van der Waals surface area (Å²) < 4.78 is 13.9. The van der Waals surface area contributed by atoms with E-state index in [4.69, 9.17) is 9.47 Å². The highest BCUT2D eigenvalue weighted by atomic mass is 16.5. The van der Waals surface area contributed by atoms with Crippen LogP contribution >= 0.6 is 0 Å². The number of hydrogen-bond acceptors (Lipinski definition) is 4. The Hall–Kier alpha value is -7.76. The lowest BCUT2D eigenvalue weighted by molar-refractivity contribution is 0.464. The molecule has 2 aliphatic rings. The van der Waals surface area contributed by atoms with Gasteiger partial charge in [0.2, 0.25) is 0 Å². The van der Waals surface area contributed by atoms with Crippen molar-refractivity contribution in [3.8, 4) is 45.3 Å². The van der Waals surface area contributed by atoms with Crippen LogP contribution in [-0.4, -0.2) is 6.71 Å². The summed E-state index contributed by atoms with van der Waals surface area (Å²) in [6.07, 6.45) is 0. The Morgan fingerprint density at radius 1 is 0.305 bits per heavy atom. The van der Waals surface area contributed by atoms with E-state index in [1.165, 1.54) is 0 Å². The molecule has 11 rings (SSSR count). The van der Waals surface area contributed by atoms with E-state index in [9.17, 15) is 0 Å². The quantitative estimate of drug-likeness (QED) is 0.144. The highest BCUT2D eigenvalue weighted by Crippen LogP contribution is 2.47. The molecule has 9 aromatic carbocycles. The second kappa shape index (κ2) is 14.6. The third-order valence-electron chi connectivity index (χ3n) is 11.3. The number of hydrogen-bond donors (Lipinski definition) is 0. The van der Waals surface area contributed by atoms with Gasteiger partial charge in [-0.05, 0) is 82.7 Å². The van der Waals surface area contributed by atoms with Crippen molar-refractivity contribution in [3.05, 3.63) is 224 Å². The van der Waals surface area contributed by atoms with Crippen LogP contribution in [0, 0.1) is 0 Å². The Balaban J connectivity index is 1.18. The topological polar surface area (TPSA) is 24.9 Å². The minimum atomic E-state index is -0.162. The maximum absolute atomic E-state index is 6.97.